The minimum atomic E-state index is 0.284. The largest absolute Gasteiger partial charge is 0.494 e. The van der Waals surface area contributed by atoms with Crippen LogP contribution < -0.4 is 20.3 Å². The Morgan fingerprint density at radius 1 is 0.977 bits per heavy atom. The van der Waals surface area contributed by atoms with E-state index in [9.17, 15) is 4.79 Å². The van der Waals surface area contributed by atoms with E-state index >= 15 is 0 Å². The Morgan fingerprint density at radius 2 is 1.77 bits per heavy atom. The third-order valence-electron chi connectivity index (χ3n) is 8.70. The van der Waals surface area contributed by atoms with Gasteiger partial charge in [-0.05, 0) is 51.9 Å². The number of ether oxygens (including phenoxy) is 1. The summed E-state index contributed by atoms with van der Waals surface area (Å²) in [5.74, 6) is 1.30. The Balaban J connectivity index is 1.21. The fourth-order valence-corrected chi connectivity index (χ4v) is 6.28. The van der Waals surface area contributed by atoms with Gasteiger partial charge in [-0.25, -0.2) is 9.97 Å². The Kier molecular flexibility index (Phi) is 8.44. The standard InChI is InChI=1S/C32H41N9O2/c1-22(2)41-29-6-5-23(15-24(29)19-36-41)26-17-32(34-20-33-26)37-28-16-27(35-21-42)30(18-31(28)43-4)40-9-7-25(8-10-40)39-13-11-38(3)12-14-39/h5-6,15-22,25H,7-14H2,1-4H3,(H,35,42)(H,33,34,37). The molecule has 226 valence electrons. The number of likely N-dealkylation sites (N-methyl/N-ethyl adjacent to an activating group) is 1. The van der Waals surface area contributed by atoms with Crippen molar-refractivity contribution in [1.82, 2.24) is 29.5 Å². The molecule has 2 aliphatic heterocycles. The number of carbonyl (C=O) groups excluding carboxylic acids is 1. The van der Waals surface area contributed by atoms with Gasteiger partial charge in [0.15, 0.2) is 0 Å². The lowest BCUT2D eigenvalue weighted by atomic mass is 10.0. The van der Waals surface area contributed by atoms with Crippen LogP contribution in [-0.4, -0.2) is 95.4 Å². The maximum Gasteiger partial charge on any atom is 0.211 e. The number of amides is 1. The third-order valence-corrected chi connectivity index (χ3v) is 8.70. The summed E-state index contributed by atoms with van der Waals surface area (Å²) >= 11 is 0. The van der Waals surface area contributed by atoms with Gasteiger partial charge >= 0.3 is 0 Å². The normalized spacial score (nSPS) is 17.0. The zero-order chi connectivity index (χ0) is 29.9. The van der Waals surface area contributed by atoms with Crippen LogP contribution in [0.15, 0.2) is 48.9 Å². The van der Waals surface area contributed by atoms with Crippen LogP contribution in [0.5, 0.6) is 5.75 Å². The predicted octanol–water partition coefficient (Wildman–Crippen LogP) is 4.61. The molecule has 0 radical (unpaired) electrons. The van der Waals surface area contributed by atoms with Crippen molar-refractivity contribution in [2.24, 2.45) is 0 Å². The first-order valence-electron chi connectivity index (χ1n) is 15.1. The van der Waals surface area contributed by atoms with Crippen LogP contribution in [0.4, 0.5) is 22.9 Å². The molecule has 2 fully saturated rings. The molecule has 1 amide bonds. The van der Waals surface area contributed by atoms with E-state index in [0.717, 1.165) is 92.1 Å². The van der Waals surface area contributed by atoms with Gasteiger partial charge in [-0.3, -0.25) is 14.4 Å². The number of anilines is 4. The quantitative estimate of drug-likeness (QED) is 0.274. The van der Waals surface area contributed by atoms with Crippen LogP contribution in [0.1, 0.15) is 32.7 Å². The van der Waals surface area contributed by atoms with Crippen molar-refractivity contribution in [3.05, 3.63) is 48.9 Å². The van der Waals surface area contributed by atoms with Crippen molar-refractivity contribution < 1.29 is 9.53 Å². The van der Waals surface area contributed by atoms with Crippen LogP contribution in [0.2, 0.25) is 0 Å². The first kappa shape index (κ1) is 28.9. The highest BCUT2D eigenvalue weighted by molar-refractivity contribution is 5.88. The first-order valence-corrected chi connectivity index (χ1v) is 15.1. The van der Waals surface area contributed by atoms with Crippen LogP contribution >= 0.6 is 0 Å². The average Bonchev–Trinajstić information content (AvgIpc) is 3.46. The number of carbonyl (C=O) groups is 1. The van der Waals surface area contributed by atoms with Crippen molar-refractivity contribution in [3.63, 3.8) is 0 Å². The Labute approximate surface area is 252 Å². The predicted molar refractivity (Wildman–Crippen MR) is 171 cm³/mol. The summed E-state index contributed by atoms with van der Waals surface area (Å²) in [5.41, 5.74) is 5.27. The number of piperazine rings is 1. The van der Waals surface area contributed by atoms with Crippen LogP contribution in [0.3, 0.4) is 0 Å². The molecule has 0 bridgehead atoms. The zero-order valence-electron chi connectivity index (χ0n) is 25.5. The Bertz CT molecular complexity index is 1570. The molecule has 11 heteroatoms. The number of nitrogens with one attached hydrogen (secondary N) is 2. The van der Waals surface area contributed by atoms with E-state index in [1.54, 1.807) is 13.4 Å². The van der Waals surface area contributed by atoms with Gasteiger partial charge in [0, 0.05) is 74.4 Å². The molecule has 4 aromatic rings. The van der Waals surface area contributed by atoms with E-state index in [1.165, 1.54) is 0 Å². The third kappa shape index (κ3) is 6.14. The molecule has 0 spiro atoms. The fraction of sp³-hybridized carbons (Fsp3) is 0.438. The van der Waals surface area contributed by atoms with Gasteiger partial charge in [0.25, 0.3) is 0 Å². The number of methoxy groups -OCH3 is 1. The molecule has 6 rings (SSSR count). The number of nitrogens with zero attached hydrogens (tertiary/aromatic N) is 7. The van der Waals surface area contributed by atoms with Gasteiger partial charge in [0.1, 0.15) is 17.9 Å². The molecule has 0 atom stereocenters. The Morgan fingerprint density at radius 3 is 2.49 bits per heavy atom. The molecule has 4 heterocycles. The summed E-state index contributed by atoms with van der Waals surface area (Å²) in [6.45, 7) is 10.6. The average molecular weight is 584 g/mol. The second-order valence-corrected chi connectivity index (χ2v) is 11.8. The van der Waals surface area contributed by atoms with Gasteiger partial charge in [-0.1, -0.05) is 6.07 Å². The Hall–Kier alpha value is -4.22. The molecular weight excluding hydrogens is 542 g/mol. The molecule has 43 heavy (non-hydrogen) atoms. The van der Waals surface area contributed by atoms with Gasteiger partial charge in [0.05, 0.1) is 41.6 Å². The highest BCUT2D eigenvalue weighted by Gasteiger charge is 2.28. The SMILES string of the molecule is COc1cc(N2CCC(N3CCN(C)CC3)CC2)c(NC=O)cc1Nc1cc(-c2ccc3c(cnn3C(C)C)c2)ncn1. The lowest BCUT2D eigenvalue weighted by Crippen LogP contribution is -2.52. The number of fused-ring (bicyclic) bond motifs is 1. The summed E-state index contributed by atoms with van der Waals surface area (Å²) in [5, 5.41) is 11.9. The monoisotopic (exact) mass is 583 g/mol. The number of benzene rings is 2. The van der Waals surface area contributed by atoms with Crippen LogP contribution in [0, 0.1) is 0 Å². The van der Waals surface area contributed by atoms with Crippen molar-refractivity contribution >= 4 is 40.2 Å². The van der Waals surface area contributed by atoms with Gasteiger partial charge in [-0.15, -0.1) is 0 Å². The number of piperidine rings is 1. The molecule has 0 unspecified atom stereocenters. The van der Waals surface area contributed by atoms with E-state index in [4.69, 9.17) is 4.74 Å². The van der Waals surface area contributed by atoms with E-state index in [0.29, 0.717) is 23.3 Å². The number of hydrogen-bond donors (Lipinski definition) is 2. The van der Waals surface area contributed by atoms with E-state index < -0.39 is 0 Å². The molecule has 2 aromatic heterocycles. The maximum absolute atomic E-state index is 11.6. The number of hydrogen-bond acceptors (Lipinski definition) is 9. The van der Waals surface area contributed by atoms with Crippen LogP contribution in [0.25, 0.3) is 22.2 Å². The minimum Gasteiger partial charge on any atom is -0.494 e. The molecule has 11 nitrogen and oxygen atoms in total. The molecule has 2 N–H and O–H groups in total. The highest BCUT2D eigenvalue weighted by Crippen LogP contribution is 2.39. The summed E-state index contributed by atoms with van der Waals surface area (Å²) in [7, 11) is 3.86. The van der Waals surface area contributed by atoms with Crippen molar-refractivity contribution in [2.75, 3.05) is 69.0 Å². The first-order chi connectivity index (χ1) is 20.9. The molecule has 2 aliphatic rings. The zero-order valence-corrected chi connectivity index (χ0v) is 25.5. The van der Waals surface area contributed by atoms with E-state index in [2.05, 4.69) is 79.5 Å². The molecule has 0 aliphatic carbocycles. The summed E-state index contributed by atoms with van der Waals surface area (Å²) in [6, 6.07) is 13.0. The van der Waals surface area contributed by atoms with Crippen molar-refractivity contribution in [1.29, 1.82) is 0 Å². The van der Waals surface area contributed by atoms with E-state index in [-0.39, 0.29) is 6.04 Å². The number of aromatic nitrogens is 4. The molecular formula is C32H41N9O2. The van der Waals surface area contributed by atoms with Gasteiger partial charge in [0.2, 0.25) is 6.41 Å². The summed E-state index contributed by atoms with van der Waals surface area (Å²) in [6.07, 6.45) is 6.37. The lowest BCUT2D eigenvalue weighted by Gasteiger charge is -2.43. The van der Waals surface area contributed by atoms with Crippen LogP contribution in [-0.2, 0) is 4.79 Å². The highest BCUT2D eigenvalue weighted by atomic mass is 16.5. The topological polar surface area (TPSA) is 104 Å². The second-order valence-electron chi connectivity index (χ2n) is 11.8. The lowest BCUT2D eigenvalue weighted by molar-refractivity contribution is -0.105. The minimum absolute atomic E-state index is 0.284. The summed E-state index contributed by atoms with van der Waals surface area (Å²) < 4.78 is 7.84. The number of rotatable bonds is 9. The molecule has 2 aromatic carbocycles. The van der Waals surface area contributed by atoms with Crippen molar-refractivity contribution in [3.8, 4) is 17.0 Å². The van der Waals surface area contributed by atoms with Gasteiger partial charge in [-0.2, -0.15) is 5.10 Å². The van der Waals surface area contributed by atoms with Gasteiger partial charge < -0.3 is 25.2 Å². The van der Waals surface area contributed by atoms with Crippen molar-refractivity contribution in [2.45, 2.75) is 38.8 Å². The van der Waals surface area contributed by atoms with E-state index in [1.807, 2.05) is 29.1 Å². The molecule has 0 saturated carbocycles. The second kappa shape index (κ2) is 12.6. The summed E-state index contributed by atoms with van der Waals surface area (Å²) in [4.78, 5) is 28.0. The molecule has 2 saturated heterocycles. The fourth-order valence-electron chi connectivity index (χ4n) is 6.28. The maximum atomic E-state index is 11.6. The smallest absolute Gasteiger partial charge is 0.211 e.